The van der Waals surface area contributed by atoms with Crippen LogP contribution < -0.4 is 18.3 Å². The van der Waals surface area contributed by atoms with Crippen molar-refractivity contribution in [3.05, 3.63) is 306 Å². The molecule has 0 bridgehead atoms. The summed E-state index contributed by atoms with van der Waals surface area (Å²) < 4.78 is 117. The van der Waals surface area contributed by atoms with E-state index < -0.39 is 44.1 Å². The summed E-state index contributed by atoms with van der Waals surface area (Å²) >= 11 is 0. The molecular formula is C101H110N4+4. The summed E-state index contributed by atoms with van der Waals surface area (Å²) in [6.07, 6.45) is 17.0. The number of hydrogen-bond acceptors (Lipinski definition) is 0. The molecule has 2 saturated carbocycles. The molecule has 0 unspecified atom stereocenters. The van der Waals surface area contributed by atoms with Gasteiger partial charge in [-0.25, -0.2) is 18.3 Å². The lowest BCUT2D eigenvalue weighted by molar-refractivity contribution is -0.661. The summed E-state index contributed by atoms with van der Waals surface area (Å²) in [5.74, 6) is -1.65. The second-order valence-electron chi connectivity index (χ2n) is 31.8. The number of fused-ring (bicyclic) bond motifs is 12. The van der Waals surface area contributed by atoms with Gasteiger partial charge < -0.3 is 0 Å². The second-order valence-corrected chi connectivity index (χ2v) is 31.8. The van der Waals surface area contributed by atoms with Crippen molar-refractivity contribution in [2.24, 2.45) is 33.6 Å². The van der Waals surface area contributed by atoms with E-state index in [0.29, 0.717) is 22.3 Å². The van der Waals surface area contributed by atoms with Crippen molar-refractivity contribution in [2.45, 2.75) is 185 Å². The minimum absolute atomic E-state index is 0.0668. The lowest BCUT2D eigenvalue weighted by Crippen LogP contribution is -2.32. The minimum atomic E-state index is -2.41. The molecule has 0 atom stereocenters. The quantitative estimate of drug-likeness (QED) is 0.141. The van der Waals surface area contributed by atoms with E-state index in [1.54, 1.807) is 24.7 Å². The summed E-state index contributed by atoms with van der Waals surface area (Å²) in [7, 11) is 7.86. The molecular weight excluding hydrogens is 1270 g/mol. The van der Waals surface area contributed by atoms with Crippen LogP contribution in [0, 0.1) is 67.5 Å². The SMILES string of the molecule is Cc1ccc2c(c1)Cc1c-2ccc(C)c1-c1cc(C)cc[n+]1C.[2H]C([2H])([2H])c1c[n+](C)c(-c2c(C)ccc3c2Cc2ccccc2-3)cc1C([2H])([2H])C(C)(C)C.[2H]C([2H])([2H])c1c[n+](C)c(-c2c(C)ccc3c2Cc2ccccc2-3)cc1C1([2H])CCCC1.[2H]C([2H])([2H])c1c[n+](C)c(-c2c(C)ccc3c2Cc2ccccc2-3)cc1C1([2H])CCCCC1. The van der Waals surface area contributed by atoms with Gasteiger partial charge in [-0.15, -0.1) is 0 Å². The maximum absolute atomic E-state index is 9.26. The van der Waals surface area contributed by atoms with Crippen molar-refractivity contribution < 1.29 is 36.1 Å². The third-order valence-corrected chi connectivity index (χ3v) is 23.1. The van der Waals surface area contributed by atoms with Crippen molar-refractivity contribution in [3.8, 4) is 89.5 Å². The molecule has 8 aromatic carbocycles. The molecule has 6 aliphatic carbocycles. The van der Waals surface area contributed by atoms with Crippen LogP contribution >= 0.6 is 0 Å². The molecule has 12 aromatic rings. The van der Waals surface area contributed by atoms with Gasteiger partial charge in [0.1, 0.15) is 28.2 Å². The minimum Gasteiger partial charge on any atom is -0.201 e. The van der Waals surface area contributed by atoms with Gasteiger partial charge in [0.2, 0.25) is 22.8 Å². The lowest BCUT2D eigenvalue weighted by atomic mass is 9.82. The molecule has 18 rings (SSSR count). The highest BCUT2D eigenvalue weighted by molar-refractivity contribution is 5.89. The first-order valence-electron chi connectivity index (χ1n) is 44.6. The van der Waals surface area contributed by atoms with Gasteiger partial charge in [-0.1, -0.05) is 198 Å². The van der Waals surface area contributed by atoms with Gasteiger partial charge >= 0.3 is 0 Å². The van der Waals surface area contributed by atoms with Crippen LogP contribution in [-0.4, -0.2) is 0 Å². The van der Waals surface area contributed by atoms with E-state index in [1.807, 2.05) is 67.7 Å². The van der Waals surface area contributed by atoms with E-state index in [1.165, 1.54) is 139 Å². The Labute approximate surface area is 646 Å². The molecule has 0 saturated heterocycles. The van der Waals surface area contributed by atoms with Gasteiger partial charge in [0, 0.05) is 64.8 Å². The van der Waals surface area contributed by atoms with Crippen molar-refractivity contribution in [3.63, 3.8) is 0 Å². The molecule has 0 spiro atoms. The van der Waals surface area contributed by atoms with Crippen LogP contribution in [0.5, 0.6) is 0 Å². The topological polar surface area (TPSA) is 15.5 Å². The van der Waals surface area contributed by atoms with E-state index >= 15 is 0 Å². The van der Waals surface area contributed by atoms with E-state index in [2.05, 4.69) is 211 Å². The van der Waals surface area contributed by atoms with Gasteiger partial charge in [0.25, 0.3) is 0 Å². The Morgan fingerprint density at radius 3 is 1.10 bits per heavy atom. The fraction of sp³-hybridized carbons (Fsp3) is 0.327. The van der Waals surface area contributed by atoms with E-state index in [4.69, 9.17) is 16.4 Å². The third kappa shape index (κ3) is 13.8. The largest absolute Gasteiger partial charge is 0.213 e. The Hall–Kier alpha value is -9.64. The summed E-state index contributed by atoms with van der Waals surface area (Å²) in [4.78, 5) is 0. The molecule has 4 nitrogen and oxygen atoms in total. The molecule has 0 aliphatic heterocycles. The summed E-state index contributed by atoms with van der Waals surface area (Å²) in [5, 5.41) is 0. The number of aryl methyl sites for hydroxylation is 13. The van der Waals surface area contributed by atoms with Crippen LogP contribution in [0.3, 0.4) is 0 Å². The molecule has 2 fully saturated rings. The van der Waals surface area contributed by atoms with Gasteiger partial charge in [-0.2, -0.15) is 0 Å². The highest BCUT2D eigenvalue weighted by Gasteiger charge is 2.34. The highest BCUT2D eigenvalue weighted by atomic mass is 14.9. The molecule has 530 valence electrons. The van der Waals surface area contributed by atoms with Gasteiger partial charge in [0.15, 0.2) is 24.8 Å². The Kier molecular flexibility index (Phi) is 15.7. The number of hydrogen-bond donors (Lipinski definition) is 0. The first-order valence-corrected chi connectivity index (χ1v) is 38.1. The lowest BCUT2D eigenvalue weighted by Gasteiger charge is -2.23. The van der Waals surface area contributed by atoms with Crippen LogP contribution in [0.2, 0.25) is 0 Å². The molecule has 0 N–H and O–H groups in total. The zero-order chi connectivity index (χ0) is 84.4. The van der Waals surface area contributed by atoms with Crippen molar-refractivity contribution in [1.82, 2.24) is 0 Å². The maximum Gasteiger partial charge on any atom is 0.213 e. The molecule has 105 heavy (non-hydrogen) atoms. The first-order chi connectivity index (χ1) is 55.6. The fourth-order valence-corrected chi connectivity index (χ4v) is 18.0. The van der Waals surface area contributed by atoms with E-state index in [0.717, 1.165) is 112 Å². The number of pyridine rings is 4. The average Bonchev–Trinajstić information content (AvgIpc) is 1.36. The molecule has 6 aliphatic rings. The maximum atomic E-state index is 9.26. The smallest absolute Gasteiger partial charge is 0.201 e. The summed E-state index contributed by atoms with van der Waals surface area (Å²) in [6.45, 7) is 11.5. The van der Waals surface area contributed by atoms with Crippen molar-refractivity contribution in [2.75, 3.05) is 0 Å². The Bertz CT molecular complexity index is 6000. The zero-order valence-corrected chi connectivity index (χ0v) is 64.0. The number of nitrogens with zero attached hydrogens (tertiary/aromatic N) is 4. The normalized spacial score (nSPS) is 17.2. The third-order valence-electron chi connectivity index (χ3n) is 23.1. The first kappa shape index (κ1) is 56.7. The van der Waals surface area contributed by atoms with E-state index in [-0.39, 0.29) is 11.1 Å². The van der Waals surface area contributed by atoms with Crippen LogP contribution in [0.15, 0.2) is 195 Å². The van der Waals surface area contributed by atoms with Crippen molar-refractivity contribution >= 4 is 0 Å². The molecule has 4 heterocycles. The van der Waals surface area contributed by atoms with Gasteiger partial charge in [-0.3, -0.25) is 0 Å². The predicted octanol–water partition coefficient (Wildman–Crippen LogP) is 23.1. The standard InChI is InChI=1S/C27H30N.C26H28N.C26H30N.C22H22N/c1-18-13-14-23-22-12-8-7-11-21(22)15-25(23)27(18)26-16-24(19(2)17-28(26)3)20-9-5-4-6-10-20;1-17-12-13-22-21-11-7-6-10-20(21)14-24(22)26(17)25-15-23(18(2)16-27(25)3)19-8-4-5-9-19;1-17-11-12-22-21-10-8-7-9-19(21)13-23(22)25(17)24-14-20(15-26(3,4)5)18(2)16-27(24)6;1-14-5-7-18-17(11-14)13-20-19(18)8-6-16(3)22(20)21-12-15(2)9-10-23(21)4/h7-8,11-14,16-17,20H,4-6,9-10,15H2,1-3H3;6-7,10-13,15-16,19H,4-5,8-9,14H2,1-3H3;7-12,14,16H,13,15H2,1-6H3;5-12H,13H2,1-4H3/q4*+1/i2D3,20D;2D3,19D;2D3,15D2;. The Morgan fingerprint density at radius 1 is 0.352 bits per heavy atom. The highest BCUT2D eigenvalue weighted by Crippen LogP contribution is 2.49. The number of aromatic nitrogens is 4. The van der Waals surface area contributed by atoms with Crippen molar-refractivity contribution in [1.29, 1.82) is 0 Å². The molecule has 4 heteroatoms. The Balaban J connectivity index is 0.000000124. The number of benzene rings is 8. The summed E-state index contributed by atoms with van der Waals surface area (Å²) in [6, 6.07) is 60.2. The fourth-order valence-electron chi connectivity index (χ4n) is 18.0. The van der Waals surface area contributed by atoms with Crippen LogP contribution in [0.4, 0.5) is 0 Å². The average molecular weight is 1390 g/mol. The monoisotopic (exact) mass is 1390 g/mol. The predicted molar refractivity (Wildman–Crippen MR) is 438 cm³/mol. The molecule has 4 aromatic heterocycles. The molecule has 0 amide bonds. The van der Waals surface area contributed by atoms with Crippen LogP contribution in [0.25, 0.3) is 89.5 Å². The molecule has 0 radical (unpaired) electrons. The Morgan fingerprint density at radius 2 is 0.695 bits per heavy atom. The van der Waals surface area contributed by atoms with E-state index in [9.17, 15) is 1.37 Å². The van der Waals surface area contributed by atoms with Crippen LogP contribution in [-0.2, 0) is 60.2 Å². The van der Waals surface area contributed by atoms with Gasteiger partial charge in [-0.05, 0) is 271 Å². The van der Waals surface area contributed by atoms with Crippen LogP contribution in [0.1, 0.15) is 219 Å². The number of rotatable bonds is 7. The van der Waals surface area contributed by atoms with Gasteiger partial charge in [0.05, 0.1) is 22.3 Å². The summed E-state index contributed by atoms with van der Waals surface area (Å²) in [5.41, 5.74) is 39.0. The zero-order valence-electron chi connectivity index (χ0n) is 77.0. The second kappa shape index (κ2) is 29.0.